The molecule has 5 rings (SSSR count). The maximum atomic E-state index is 13.2. The summed E-state index contributed by atoms with van der Waals surface area (Å²) in [5.41, 5.74) is 9.03. The Labute approximate surface area is 240 Å². The highest BCUT2D eigenvalue weighted by Gasteiger charge is 2.27. The first-order valence-electron chi connectivity index (χ1n) is 14.6. The molecule has 1 unspecified atom stereocenters. The highest BCUT2D eigenvalue weighted by Crippen LogP contribution is 2.32. The van der Waals surface area contributed by atoms with E-state index in [-0.39, 0.29) is 6.04 Å². The number of ether oxygens (including phenoxy) is 1. The molecule has 1 atom stereocenters. The summed E-state index contributed by atoms with van der Waals surface area (Å²) in [6.07, 6.45) is 6.34. The molecule has 3 aliphatic heterocycles. The van der Waals surface area contributed by atoms with Crippen molar-refractivity contribution in [3.63, 3.8) is 0 Å². The van der Waals surface area contributed by atoms with Crippen LogP contribution in [0.2, 0.25) is 0 Å². The summed E-state index contributed by atoms with van der Waals surface area (Å²) < 4.78 is 20.0. The number of anilines is 1. The van der Waals surface area contributed by atoms with Crippen molar-refractivity contribution in [2.75, 3.05) is 57.8 Å². The molecule has 2 aromatic carbocycles. The van der Waals surface area contributed by atoms with Crippen LogP contribution in [0.3, 0.4) is 0 Å². The van der Waals surface area contributed by atoms with Crippen molar-refractivity contribution < 1.29 is 13.7 Å². The number of nitrogens with two attached hydrogens (primary N) is 1. The first-order valence-corrected chi connectivity index (χ1v) is 15.7. The van der Waals surface area contributed by atoms with Crippen molar-refractivity contribution >= 4 is 22.6 Å². The van der Waals surface area contributed by atoms with Crippen molar-refractivity contribution in [1.82, 2.24) is 9.21 Å². The Kier molecular flexibility index (Phi) is 9.53. The van der Waals surface area contributed by atoms with Gasteiger partial charge in [-0.05, 0) is 99.3 Å². The molecule has 40 heavy (non-hydrogen) atoms. The van der Waals surface area contributed by atoms with E-state index in [1.807, 2.05) is 18.2 Å². The molecule has 0 bridgehead atoms. The zero-order chi connectivity index (χ0) is 28.1. The minimum atomic E-state index is -1.11. The molecule has 8 nitrogen and oxygen atoms in total. The third-order valence-electron chi connectivity index (χ3n) is 8.88. The van der Waals surface area contributed by atoms with Crippen LogP contribution in [0.15, 0.2) is 47.4 Å². The van der Waals surface area contributed by atoms with Gasteiger partial charge < -0.3 is 20.3 Å². The lowest BCUT2D eigenvalue weighted by atomic mass is 9.88. The molecule has 3 fully saturated rings. The number of nitrogens with zero attached hydrogens (tertiary/aromatic N) is 4. The lowest BCUT2D eigenvalue weighted by molar-refractivity contribution is 0.0600. The van der Waals surface area contributed by atoms with Crippen LogP contribution in [-0.2, 0) is 15.7 Å². The van der Waals surface area contributed by atoms with E-state index in [4.69, 9.17) is 10.5 Å². The van der Waals surface area contributed by atoms with Crippen molar-refractivity contribution in [2.45, 2.75) is 55.4 Å². The molecule has 3 heterocycles. The summed E-state index contributed by atoms with van der Waals surface area (Å²) in [7, 11) is 0.226. The molecule has 3 aliphatic rings. The number of hydrogen-bond donors (Lipinski definition) is 1. The number of piperidine rings is 3. The van der Waals surface area contributed by atoms with Gasteiger partial charge in [0.1, 0.15) is 17.1 Å². The average Bonchev–Trinajstić information content (AvgIpc) is 3.01. The second kappa shape index (κ2) is 13.3. The first kappa shape index (κ1) is 28.7. The molecular weight excluding hydrogens is 522 g/mol. The van der Waals surface area contributed by atoms with Crippen LogP contribution in [-0.4, -0.2) is 78.3 Å². The Hall–Kier alpha value is -2.77. The zero-order valence-electron chi connectivity index (χ0n) is 23.5. The molecule has 214 valence electrons. The average molecular weight is 564 g/mol. The maximum absolute atomic E-state index is 13.2. The van der Waals surface area contributed by atoms with Gasteiger partial charge in [0.05, 0.1) is 23.1 Å². The van der Waals surface area contributed by atoms with E-state index in [1.54, 1.807) is 6.07 Å². The summed E-state index contributed by atoms with van der Waals surface area (Å²) in [6.45, 7) is 6.85. The number of carbonyl (C=O) groups is 1. The van der Waals surface area contributed by atoms with Gasteiger partial charge in [0, 0.05) is 44.5 Å². The first-order chi connectivity index (χ1) is 19.4. The molecule has 0 aliphatic carbocycles. The lowest BCUT2D eigenvalue weighted by Crippen LogP contribution is -2.41. The highest BCUT2D eigenvalue weighted by molar-refractivity contribution is 7.82. The third-order valence-corrected chi connectivity index (χ3v) is 10.4. The summed E-state index contributed by atoms with van der Waals surface area (Å²) >= 11 is 0. The predicted octanol–water partition coefficient (Wildman–Crippen LogP) is 3.89. The molecule has 3 saturated heterocycles. The second-order valence-corrected chi connectivity index (χ2v) is 12.9. The Morgan fingerprint density at radius 3 is 2.40 bits per heavy atom. The predicted molar refractivity (Wildman–Crippen MR) is 157 cm³/mol. The minimum Gasteiger partial charge on any atom is -0.465 e. The van der Waals surface area contributed by atoms with Gasteiger partial charge in [0.15, 0.2) is 0 Å². The van der Waals surface area contributed by atoms with Crippen molar-refractivity contribution in [3.8, 4) is 6.07 Å². The van der Waals surface area contributed by atoms with E-state index in [0.717, 1.165) is 94.9 Å². The number of rotatable bonds is 7. The van der Waals surface area contributed by atoms with Crippen LogP contribution in [0.4, 0.5) is 5.69 Å². The Morgan fingerprint density at radius 2 is 1.73 bits per heavy atom. The molecule has 0 spiro atoms. The van der Waals surface area contributed by atoms with Gasteiger partial charge in [0.25, 0.3) is 0 Å². The fourth-order valence-corrected chi connectivity index (χ4v) is 7.64. The molecule has 2 N–H and O–H groups in total. The zero-order valence-corrected chi connectivity index (χ0v) is 24.3. The number of hydrogen-bond acceptors (Lipinski definition) is 7. The van der Waals surface area contributed by atoms with Gasteiger partial charge in [-0.2, -0.15) is 5.26 Å². The topological polar surface area (TPSA) is 103 Å². The van der Waals surface area contributed by atoms with Crippen LogP contribution >= 0.6 is 0 Å². The van der Waals surface area contributed by atoms with E-state index < -0.39 is 17.0 Å². The smallest absolute Gasteiger partial charge is 0.339 e. The maximum Gasteiger partial charge on any atom is 0.339 e. The quantitative estimate of drug-likeness (QED) is 0.510. The molecule has 0 radical (unpaired) electrons. The Morgan fingerprint density at radius 1 is 1.00 bits per heavy atom. The number of benzene rings is 2. The van der Waals surface area contributed by atoms with Crippen LogP contribution < -0.4 is 10.6 Å². The largest absolute Gasteiger partial charge is 0.465 e. The summed E-state index contributed by atoms with van der Waals surface area (Å²) in [5.74, 6) is 0.712. The van der Waals surface area contributed by atoms with Crippen molar-refractivity contribution in [2.24, 2.45) is 11.7 Å². The number of methoxy groups -OCH3 is 1. The minimum absolute atomic E-state index is 0.238. The van der Waals surface area contributed by atoms with Gasteiger partial charge in [-0.1, -0.05) is 12.1 Å². The summed E-state index contributed by atoms with van der Waals surface area (Å²) in [4.78, 5) is 17.8. The van der Waals surface area contributed by atoms with E-state index in [9.17, 15) is 14.3 Å². The summed E-state index contributed by atoms with van der Waals surface area (Å²) in [5, 5.41) is 9.50. The number of esters is 1. The fraction of sp³-hybridized carbons (Fsp3) is 0.548. The lowest BCUT2D eigenvalue weighted by Gasteiger charge is -2.38. The van der Waals surface area contributed by atoms with Crippen LogP contribution in [0.25, 0.3) is 0 Å². The van der Waals surface area contributed by atoms with Crippen molar-refractivity contribution in [3.05, 3.63) is 59.2 Å². The van der Waals surface area contributed by atoms with Crippen LogP contribution in [0.5, 0.6) is 0 Å². The highest BCUT2D eigenvalue weighted by atomic mass is 32.2. The number of likely N-dealkylation sites (tertiary alicyclic amines) is 1. The van der Waals surface area contributed by atoms with Gasteiger partial charge in [-0.3, -0.25) is 0 Å². The van der Waals surface area contributed by atoms with Gasteiger partial charge in [0.2, 0.25) is 0 Å². The van der Waals surface area contributed by atoms with E-state index >= 15 is 0 Å². The molecular formula is C31H41N5O3S. The number of carbonyl (C=O) groups excluding carboxylic acids is 1. The van der Waals surface area contributed by atoms with Gasteiger partial charge in [-0.25, -0.2) is 13.3 Å². The fourth-order valence-electron chi connectivity index (χ4n) is 6.36. The third kappa shape index (κ3) is 6.74. The standard InChI is InChI=1S/C31H41N5O3S/c1-39-31(37)30-6-5-28(19-26(30)21-32)35-15-7-23(8-16-35)22-34-13-9-24(10-14-34)25-3-2-4-29(20-25)40(38)36-17-11-27(33)12-18-36/h2-6,19-20,23-24,27H,7-18,22,33H2,1H3. The van der Waals surface area contributed by atoms with Crippen LogP contribution in [0.1, 0.15) is 65.9 Å². The monoisotopic (exact) mass is 563 g/mol. The van der Waals surface area contributed by atoms with Gasteiger partial charge >= 0.3 is 5.97 Å². The normalized spacial score (nSPS) is 21.2. The van der Waals surface area contributed by atoms with Crippen LogP contribution in [0, 0.1) is 17.2 Å². The van der Waals surface area contributed by atoms with E-state index in [2.05, 4.69) is 38.4 Å². The molecule has 0 saturated carbocycles. The van der Waals surface area contributed by atoms with E-state index in [1.165, 1.54) is 12.7 Å². The number of nitriles is 1. The summed E-state index contributed by atoms with van der Waals surface area (Å²) in [6, 6.07) is 16.3. The SMILES string of the molecule is COC(=O)c1ccc(N2CCC(CN3CCC(c4cccc(S(=O)N5CCC(N)CC5)c4)CC3)CC2)cc1C#N. The Balaban J connectivity index is 1.09. The molecule has 2 aromatic rings. The Bertz CT molecular complexity index is 1240. The molecule has 0 amide bonds. The van der Waals surface area contributed by atoms with Crippen molar-refractivity contribution in [1.29, 1.82) is 5.26 Å². The van der Waals surface area contributed by atoms with E-state index in [0.29, 0.717) is 23.0 Å². The molecule has 9 heteroatoms. The van der Waals surface area contributed by atoms with Gasteiger partial charge in [-0.15, -0.1) is 0 Å². The molecule has 0 aromatic heterocycles. The second-order valence-electron chi connectivity index (χ2n) is 11.4.